The second-order valence-corrected chi connectivity index (χ2v) is 7.04. The van der Waals surface area contributed by atoms with Gasteiger partial charge in [0.2, 0.25) is 0 Å². The largest absolute Gasteiger partial charge is 0.493 e. The predicted molar refractivity (Wildman–Crippen MR) is 104 cm³/mol. The minimum Gasteiger partial charge on any atom is -0.493 e. The number of anilines is 1. The van der Waals surface area contributed by atoms with Crippen LogP contribution in [0.25, 0.3) is 6.08 Å². The number of hydrogen-bond acceptors (Lipinski definition) is 5. The molecular weight excluding hydrogens is 397 g/mol. The average Bonchev–Trinajstić information content (AvgIpc) is 2.91. The smallest absolute Gasteiger partial charge is 0.298 e. The second-order valence-electron chi connectivity index (χ2n) is 5.23. The summed E-state index contributed by atoms with van der Waals surface area (Å²) in [6, 6.07) is 9.83. The van der Waals surface area contributed by atoms with Crippen molar-refractivity contribution < 1.29 is 19.1 Å². The number of nitrogens with zero attached hydrogens (tertiary/aromatic N) is 1. The molecule has 5 nitrogen and oxygen atoms in total. The van der Waals surface area contributed by atoms with Gasteiger partial charge in [0.05, 0.1) is 34.9 Å². The minimum atomic E-state index is -0.423. The maximum Gasteiger partial charge on any atom is 0.298 e. The molecule has 2 aromatic carbocycles. The Morgan fingerprint density at radius 2 is 1.69 bits per heavy atom. The molecule has 134 valence electrons. The van der Waals surface area contributed by atoms with Gasteiger partial charge in [0.25, 0.3) is 11.1 Å². The first-order valence-corrected chi connectivity index (χ1v) is 8.97. The van der Waals surface area contributed by atoms with Gasteiger partial charge in [-0.1, -0.05) is 29.3 Å². The van der Waals surface area contributed by atoms with Crippen molar-refractivity contribution in [3.05, 3.63) is 56.9 Å². The van der Waals surface area contributed by atoms with Gasteiger partial charge < -0.3 is 9.47 Å². The maximum atomic E-state index is 12.7. The summed E-state index contributed by atoms with van der Waals surface area (Å²) in [5.41, 5.74) is 1.08. The number of imide groups is 1. The highest BCUT2D eigenvalue weighted by Crippen LogP contribution is 2.38. The molecule has 8 heteroatoms. The van der Waals surface area contributed by atoms with Gasteiger partial charge in [-0.3, -0.25) is 9.59 Å². The summed E-state index contributed by atoms with van der Waals surface area (Å²) in [5.74, 6) is 0.687. The molecule has 1 fully saturated rings. The Hall–Kier alpha value is -2.15. The lowest BCUT2D eigenvalue weighted by molar-refractivity contribution is -0.113. The van der Waals surface area contributed by atoms with Gasteiger partial charge in [0, 0.05) is 0 Å². The number of methoxy groups -OCH3 is 2. The van der Waals surface area contributed by atoms with Gasteiger partial charge in [-0.25, -0.2) is 4.90 Å². The van der Waals surface area contributed by atoms with Crippen LogP contribution in [0.2, 0.25) is 10.0 Å². The molecule has 0 aliphatic carbocycles. The van der Waals surface area contributed by atoms with E-state index in [0.29, 0.717) is 32.7 Å². The van der Waals surface area contributed by atoms with Crippen molar-refractivity contribution in [2.75, 3.05) is 19.1 Å². The van der Waals surface area contributed by atoms with Gasteiger partial charge in [-0.15, -0.1) is 0 Å². The third-order valence-corrected chi connectivity index (χ3v) is 5.27. The van der Waals surface area contributed by atoms with E-state index in [0.717, 1.165) is 16.7 Å². The van der Waals surface area contributed by atoms with E-state index < -0.39 is 11.1 Å². The van der Waals surface area contributed by atoms with Crippen molar-refractivity contribution in [2.45, 2.75) is 0 Å². The Bertz CT molecular complexity index is 929. The third-order valence-electron chi connectivity index (χ3n) is 3.66. The van der Waals surface area contributed by atoms with Crippen molar-refractivity contribution in [3.63, 3.8) is 0 Å². The molecular formula is C18H13Cl2NO4S. The number of rotatable bonds is 4. The fourth-order valence-electron chi connectivity index (χ4n) is 2.41. The standard InChI is InChI=1S/C18H13Cl2NO4S/c1-24-14-6-3-10(7-15(14)25-2)8-16-17(22)21(18(23)26-16)11-4-5-12(19)13(20)9-11/h3-9H,1-2H3/b16-8-. The molecule has 0 radical (unpaired) electrons. The van der Waals surface area contributed by atoms with Crippen molar-refractivity contribution in [1.82, 2.24) is 0 Å². The lowest BCUT2D eigenvalue weighted by atomic mass is 10.2. The zero-order chi connectivity index (χ0) is 18.8. The molecule has 1 aliphatic heterocycles. The highest BCUT2D eigenvalue weighted by atomic mass is 35.5. The monoisotopic (exact) mass is 409 g/mol. The van der Waals surface area contributed by atoms with E-state index in [4.69, 9.17) is 32.7 Å². The minimum absolute atomic E-state index is 0.270. The zero-order valence-electron chi connectivity index (χ0n) is 13.8. The van der Waals surface area contributed by atoms with Crippen LogP contribution in [0.4, 0.5) is 10.5 Å². The molecule has 0 spiro atoms. The summed E-state index contributed by atoms with van der Waals surface area (Å²) in [4.78, 5) is 26.4. The second kappa shape index (κ2) is 7.61. The van der Waals surface area contributed by atoms with Gasteiger partial charge in [0.15, 0.2) is 11.5 Å². The number of ether oxygens (including phenoxy) is 2. The normalized spacial score (nSPS) is 15.7. The van der Waals surface area contributed by atoms with E-state index in [-0.39, 0.29) is 5.02 Å². The molecule has 0 saturated carbocycles. The van der Waals surface area contributed by atoms with Gasteiger partial charge in [-0.05, 0) is 53.7 Å². The van der Waals surface area contributed by atoms with Crippen LogP contribution in [-0.4, -0.2) is 25.4 Å². The number of benzene rings is 2. The molecule has 2 amide bonds. The topological polar surface area (TPSA) is 55.8 Å². The number of amides is 2. The lowest BCUT2D eigenvalue weighted by Crippen LogP contribution is -2.27. The number of hydrogen-bond donors (Lipinski definition) is 0. The van der Waals surface area contributed by atoms with Crippen LogP contribution in [0.1, 0.15) is 5.56 Å². The Morgan fingerprint density at radius 1 is 0.962 bits per heavy atom. The van der Waals surface area contributed by atoms with Gasteiger partial charge in [-0.2, -0.15) is 0 Å². The Morgan fingerprint density at radius 3 is 2.35 bits per heavy atom. The predicted octanol–water partition coefficient (Wildman–Crippen LogP) is 5.25. The fraction of sp³-hybridized carbons (Fsp3) is 0.111. The molecule has 0 unspecified atom stereocenters. The quantitative estimate of drug-likeness (QED) is 0.645. The zero-order valence-corrected chi connectivity index (χ0v) is 16.1. The summed E-state index contributed by atoms with van der Waals surface area (Å²) < 4.78 is 10.4. The van der Waals surface area contributed by atoms with E-state index in [2.05, 4.69) is 0 Å². The van der Waals surface area contributed by atoms with Crippen molar-refractivity contribution >= 4 is 57.9 Å². The maximum absolute atomic E-state index is 12.7. The van der Waals surface area contributed by atoms with E-state index in [1.165, 1.54) is 13.2 Å². The first-order valence-electron chi connectivity index (χ1n) is 7.39. The van der Waals surface area contributed by atoms with Crippen molar-refractivity contribution in [3.8, 4) is 11.5 Å². The molecule has 0 atom stereocenters. The van der Waals surface area contributed by atoms with E-state index in [1.807, 2.05) is 0 Å². The molecule has 1 saturated heterocycles. The van der Waals surface area contributed by atoms with Gasteiger partial charge in [0.1, 0.15) is 0 Å². The summed E-state index contributed by atoms with van der Waals surface area (Å²) in [6.45, 7) is 0. The third kappa shape index (κ3) is 3.53. The summed E-state index contributed by atoms with van der Waals surface area (Å²) in [5, 5.41) is 0.218. The van der Waals surface area contributed by atoms with Crippen LogP contribution in [0, 0.1) is 0 Å². The lowest BCUT2D eigenvalue weighted by Gasteiger charge is -2.13. The van der Waals surface area contributed by atoms with Crippen LogP contribution in [-0.2, 0) is 4.79 Å². The SMILES string of the molecule is COc1ccc(/C=C2\SC(=O)N(c3ccc(Cl)c(Cl)c3)C2=O)cc1OC. The number of carbonyl (C=O) groups is 2. The van der Waals surface area contributed by atoms with E-state index in [1.54, 1.807) is 43.5 Å². The molecule has 0 aromatic heterocycles. The molecule has 26 heavy (non-hydrogen) atoms. The van der Waals surface area contributed by atoms with E-state index in [9.17, 15) is 9.59 Å². The number of carbonyl (C=O) groups excluding carboxylic acids is 2. The van der Waals surface area contributed by atoms with Crippen LogP contribution in [0.3, 0.4) is 0 Å². The number of halogens is 2. The first-order chi connectivity index (χ1) is 12.4. The van der Waals surface area contributed by atoms with Crippen LogP contribution >= 0.6 is 35.0 Å². The molecule has 0 bridgehead atoms. The molecule has 0 N–H and O–H groups in total. The van der Waals surface area contributed by atoms with Crippen LogP contribution < -0.4 is 14.4 Å². The Balaban J connectivity index is 1.93. The molecule has 3 rings (SSSR count). The van der Waals surface area contributed by atoms with E-state index >= 15 is 0 Å². The summed E-state index contributed by atoms with van der Waals surface area (Å²) in [7, 11) is 3.07. The summed E-state index contributed by atoms with van der Waals surface area (Å²) >= 11 is 12.7. The highest BCUT2D eigenvalue weighted by molar-refractivity contribution is 8.19. The van der Waals surface area contributed by atoms with Crippen LogP contribution in [0.15, 0.2) is 41.3 Å². The molecule has 1 aliphatic rings. The summed E-state index contributed by atoms with van der Waals surface area (Å²) in [6.07, 6.45) is 1.63. The van der Waals surface area contributed by atoms with Gasteiger partial charge >= 0.3 is 0 Å². The van der Waals surface area contributed by atoms with Crippen LogP contribution in [0.5, 0.6) is 11.5 Å². The Labute approximate surface area is 164 Å². The first kappa shape index (κ1) is 18.6. The molecule has 2 aromatic rings. The molecule has 1 heterocycles. The average molecular weight is 410 g/mol. The van der Waals surface area contributed by atoms with Crippen molar-refractivity contribution in [2.24, 2.45) is 0 Å². The fourth-order valence-corrected chi connectivity index (χ4v) is 3.54. The van der Waals surface area contributed by atoms with Crippen molar-refractivity contribution in [1.29, 1.82) is 0 Å². The number of thioether (sulfide) groups is 1. The Kier molecular flexibility index (Phi) is 5.46. The highest BCUT2D eigenvalue weighted by Gasteiger charge is 2.36.